The van der Waals surface area contributed by atoms with Gasteiger partial charge in [-0.1, -0.05) is 51.2 Å². The molecule has 2 amide bonds. The number of amides is 2. The van der Waals surface area contributed by atoms with Crippen molar-refractivity contribution in [2.24, 2.45) is 17.4 Å². The van der Waals surface area contributed by atoms with E-state index >= 15 is 0 Å². The van der Waals surface area contributed by atoms with Crippen molar-refractivity contribution in [1.29, 1.82) is 0 Å². The maximum absolute atomic E-state index is 13.7. The highest BCUT2D eigenvalue weighted by molar-refractivity contribution is 7.13. The lowest BCUT2D eigenvalue weighted by Crippen LogP contribution is -2.18. The average molecular weight is 627 g/mol. The molecule has 234 valence electrons. The average Bonchev–Trinajstić information content (AvgIpc) is 3.74. The number of primary amides is 1. The lowest BCUT2D eigenvalue weighted by molar-refractivity contribution is 0.0594. The van der Waals surface area contributed by atoms with E-state index < -0.39 is 17.8 Å². The van der Waals surface area contributed by atoms with Crippen molar-refractivity contribution in [2.75, 3.05) is 19.0 Å². The maximum atomic E-state index is 13.7. The molecular weight excluding hydrogens is 588 g/mol. The number of hydrogen-bond acceptors (Lipinski definition) is 8. The summed E-state index contributed by atoms with van der Waals surface area (Å²) in [5.74, 6) is -0.306. The molecule has 1 aliphatic heterocycles. The van der Waals surface area contributed by atoms with Crippen LogP contribution in [0.4, 0.5) is 5.69 Å². The number of benzene rings is 2. The van der Waals surface area contributed by atoms with E-state index in [1.54, 1.807) is 35.6 Å². The number of aromatic nitrogens is 1. The molecule has 45 heavy (non-hydrogen) atoms. The van der Waals surface area contributed by atoms with E-state index in [0.29, 0.717) is 35.7 Å². The van der Waals surface area contributed by atoms with E-state index in [2.05, 4.69) is 17.2 Å². The SMILES string of the molecule is CCC1CCCC1.COC(=O)c1nc(C(N)=O)ccc1-c1cc2c(cc1C(=O)Nc1ccc(CN)cc1)-c1sccc1CCO2. The van der Waals surface area contributed by atoms with E-state index in [0.717, 1.165) is 33.9 Å². The largest absolute Gasteiger partial charge is 0.493 e. The fraction of sp³-hybridized carbons (Fsp3) is 0.314. The summed E-state index contributed by atoms with van der Waals surface area (Å²) in [7, 11) is 1.21. The first-order valence-corrected chi connectivity index (χ1v) is 16.1. The summed E-state index contributed by atoms with van der Waals surface area (Å²) in [5.41, 5.74) is 15.2. The lowest BCUT2D eigenvalue weighted by Gasteiger charge is -2.17. The van der Waals surface area contributed by atoms with Gasteiger partial charge in [-0.05, 0) is 64.9 Å². The highest BCUT2D eigenvalue weighted by Crippen LogP contribution is 2.43. The third-order valence-corrected chi connectivity index (χ3v) is 9.29. The predicted octanol–water partition coefficient (Wildman–Crippen LogP) is 6.60. The Bertz CT molecular complexity index is 1690. The number of nitrogens with one attached hydrogen (secondary N) is 1. The van der Waals surface area contributed by atoms with Gasteiger partial charge in [0, 0.05) is 45.8 Å². The number of rotatable bonds is 7. The Morgan fingerprint density at radius 3 is 2.42 bits per heavy atom. The number of esters is 1. The summed E-state index contributed by atoms with van der Waals surface area (Å²) in [4.78, 5) is 43.4. The topological polar surface area (TPSA) is 147 Å². The summed E-state index contributed by atoms with van der Waals surface area (Å²) >= 11 is 1.57. The Balaban J connectivity index is 0.000000505. The summed E-state index contributed by atoms with van der Waals surface area (Å²) in [6, 6.07) is 15.7. The van der Waals surface area contributed by atoms with Crippen LogP contribution in [0.25, 0.3) is 21.6 Å². The molecule has 9 nitrogen and oxygen atoms in total. The van der Waals surface area contributed by atoms with Gasteiger partial charge in [0.05, 0.1) is 13.7 Å². The number of methoxy groups -OCH3 is 1. The van der Waals surface area contributed by atoms with Crippen LogP contribution < -0.4 is 21.5 Å². The molecule has 1 fully saturated rings. The zero-order valence-electron chi connectivity index (χ0n) is 25.6. The number of nitrogens with zero attached hydrogens (tertiary/aromatic N) is 1. The number of hydrogen-bond donors (Lipinski definition) is 3. The molecule has 1 saturated carbocycles. The minimum absolute atomic E-state index is 0.102. The van der Waals surface area contributed by atoms with Gasteiger partial charge in [-0.2, -0.15) is 0 Å². The minimum Gasteiger partial charge on any atom is -0.493 e. The fourth-order valence-corrected chi connectivity index (χ4v) is 6.71. The van der Waals surface area contributed by atoms with Crippen LogP contribution in [0.5, 0.6) is 5.75 Å². The highest BCUT2D eigenvalue weighted by Gasteiger charge is 2.26. The molecule has 0 bridgehead atoms. The van der Waals surface area contributed by atoms with Crippen molar-refractivity contribution in [3.8, 4) is 27.3 Å². The van der Waals surface area contributed by atoms with Crippen molar-refractivity contribution in [2.45, 2.75) is 52.0 Å². The first kappa shape index (κ1) is 31.9. The first-order valence-electron chi connectivity index (χ1n) is 15.2. The van der Waals surface area contributed by atoms with Crippen molar-refractivity contribution in [3.05, 3.63) is 88.1 Å². The molecule has 2 aromatic heterocycles. The van der Waals surface area contributed by atoms with Crippen LogP contribution in [0.2, 0.25) is 0 Å². The number of ether oxygens (including phenoxy) is 2. The van der Waals surface area contributed by atoms with Gasteiger partial charge in [0.25, 0.3) is 11.8 Å². The Morgan fingerprint density at radius 1 is 1.02 bits per heavy atom. The molecule has 0 atom stereocenters. The fourth-order valence-electron chi connectivity index (χ4n) is 5.73. The number of anilines is 1. The third-order valence-electron chi connectivity index (χ3n) is 8.30. The molecule has 10 heteroatoms. The van der Waals surface area contributed by atoms with Gasteiger partial charge in [-0.15, -0.1) is 11.3 Å². The monoisotopic (exact) mass is 626 g/mol. The van der Waals surface area contributed by atoms with Gasteiger partial charge in [0.1, 0.15) is 11.4 Å². The molecule has 0 saturated heterocycles. The molecule has 2 aliphatic rings. The molecule has 1 aliphatic carbocycles. The number of nitrogens with two attached hydrogens (primary N) is 2. The van der Waals surface area contributed by atoms with Crippen molar-refractivity contribution < 1.29 is 23.9 Å². The highest BCUT2D eigenvalue weighted by atomic mass is 32.1. The molecular formula is C35H38N4O5S. The normalized spacial score (nSPS) is 13.8. The molecule has 0 unspecified atom stereocenters. The molecule has 6 rings (SSSR count). The van der Waals surface area contributed by atoms with Crippen LogP contribution in [-0.4, -0.2) is 36.5 Å². The van der Waals surface area contributed by atoms with E-state index in [4.69, 9.17) is 20.9 Å². The van der Waals surface area contributed by atoms with Crippen LogP contribution >= 0.6 is 11.3 Å². The summed E-state index contributed by atoms with van der Waals surface area (Å²) < 4.78 is 11.0. The molecule has 0 radical (unpaired) electrons. The maximum Gasteiger partial charge on any atom is 0.357 e. The predicted molar refractivity (Wildman–Crippen MR) is 177 cm³/mol. The molecule has 2 aromatic carbocycles. The van der Waals surface area contributed by atoms with Crippen LogP contribution in [0, 0.1) is 5.92 Å². The van der Waals surface area contributed by atoms with Crippen LogP contribution in [0.1, 0.15) is 81.5 Å². The zero-order valence-corrected chi connectivity index (χ0v) is 26.4. The van der Waals surface area contributed by atoms with E-state index in [-0.39, 0.29) is 17.0 Å². The summed E-state index contributed by atoms with van der Waals surface area (Å²) in [6.07, 6.45) is 8.16. The second kappa shape index (κ2) is 14.5. The molecule has 0 spiro atoms. The second-order valence-electron chi connectivity index (χ2n) is 11.1. The minimum atomic E-state index is -0.795. The van der Waals surface area contributed by atoms with Gasteiger partial charge in [-0.3, -0.25) is 9.59 Å². The van der Waals surface area contributed by atoms with Gasteiger partial charge in [-0.25, -0.2) is 9.78 Å². The Kier molecular flexibility index (Phi) is 10.3. The quantitative estimate of drug-likeness (QED) is 0.196. The van der Waals surface area contributed by atoms with Crippen LogP contribution in [0.3, 0.4) is 0 Å². The third kappa shape index (κ3) is 7.24. The molecule has 5 N–H and O–H groups in total. The van der Waals surface area contributed by atoms with Gasteiger partial charge < -0.3 is 26.3 Å². The van der Waals surface area contributed by atoms with Crippen LogP contribution in [-0.2, 0) is 17.7 Å². The van der Waals surface area contributed by atoms with E-state index in [1.807, 2.05) is 23.6 Å². The Labute approximate surface area is 267 Å². The number of carbonyl (C=O) groups is 3. The number of thiophene rings is 1. The molecule has 4 aromatic rings. The standard InChI is InChI=1S/C28H24N4O5S.C7H14/c1-36-28(35)24-18(6-7-22(32-24)26(30)33)19-13-23-21(25-16(8-10-37-23)9-11-38-25)12-20(19)27(34)31-17-4-2-15(14-29)3-5-17;1-2-7-5-3-4-6-7/h2-7,9,11-13H,8,10,14,29H2,1H3,(H2,30,33)(H,31,34);7H,2-6H2,1H3. The number of carbonyl (C=O) groups excluding carboxylic acids is 3. The van der Waals surface area contributed by atoms with Gasteiger partial charge in [0.15, 0.2) is 5.69 Å². The first-order chi connectivity index (χ1) is 21.8. The van der Waals surface area contributed by atoms with Crippen molar-refractivity contribution in [3.63, 3.8) is 0 Å². The number of fused-ring (bicyclic) bond motifs is 3. The molecule has 3 heterocycles. The van der Waals surface area contributed by atoms with Crippen LogP contribution in [0.15, 0.2) is 60.0 Å². The van der Waals surface area contributed by atoms with Crippen molar-refractivity contribution in [1.82, 2.24) is 4.98 Å². The summed E-state index contributed by atoms with van der Waals surface area (Å²) in [6.45, 7) is 3.14. The van der Waals surface area contributed by atoms with Gasteiger partial charge >= 0.3 is 5.97 Å². The van der Waals surface area contributed by atoms with E-state index in [1.165, 1.54) is 51.3 Å². The zero-order chi connectivity index (χ0) is 31.9. The number of pyridine rings is 1. The van der Waals surface area contributed by atoms with Gasteiger partial charge in [0.2, 0.25) is 0 Å². The second-order valence-corrected chi connectivity index (χ2v) is 12.0. The Morgan fingerprint density at radius 2 is 1.78 bits per heavy atom. The Hall–Kier alpha value is -4.54. The smallest absolute Gasteiger partial charge is 0.357 e. The van der Waals surface area contributed by atoms with E-state index in [9.17, 15) is 14.4 Å². The van der Waals surface area contributed by atoms with Crippen molar-refractivity contribution >= 4 is 34.8 Å². The summed E-state index contributed by atoms with van der Waals surface area (Å²) in [5, 5.41) is 4.93. The lowest BCUT2D eigenvalue weighted by atomic mass is 9.93.